The van der Waals surface area contributed by atoms with Gasteiger partial charge in [0.2, 0.25) is 0 Å². The second-order valence-electron chi connectivity index (χ2n) is 5.11. The van der Waals surface area contributed by atoms with Crippen molar-refractivity contribution >= 4 is 17.4 Å². The number of morpholine rings is 1. The Morgan fingerprint density at radius 1 is 1.37 bits per heavy atom. The minimum Gasteiger partial charge on any atom is -0.379 e. The molecule has 0 amide bonds. The molecule has 0 aliphatic carbocycles. The summed E-state index contributed by atoms with van der Waals surface area (Å²) in [6.45, 7) is 14.0. The van der Waals surface area contributed by atoms with Gasteiger partial charge in [-0.15, -0.1) is 11.3 Å². The van der Waals surface area contributed by atoms with Crippen LogP contribution in [0.1, 0.15) is 37.6 Å². The number of allylic oxidation sites excluding steroid dienone is 1. The zero-order valence-corrected chi connectivity index (χ0v) is 13.6. The van der Waals surface area contributed by atoms with Crippen LogP contribution >= 0.6 is 11.3 Å². The molecule has 1 aromatic heterocycles. The van der Waals surface area contributed by atoms with E-state index in [1.54, 1.807) is 11.3 Å². The Morgan fingerprint density at radius 3 is 2.53 bits per heavy atom. The van der Waals surface area contributed by atoms with Crippen molar-refractivity contribution in [2.24, 2.45) is 0 Å². The third kappa shape index (κ3) is 6.90. The molecule has 1 fully saturated rings. The van der Waals surface area contributed by atoms with Gasteiger partial charge in [-0.2, -0.15) is 0 Å². The van der Waals surface area contributed by atoms with Gasteiger partial charge in [0.05, 0.1) is 13.2 Å². The molecule has 1 aromatic rings. The van der Waals surface area contributed by atoms with Crippen molar-refractivity contribution in [3.8, 4) is 0 Å². The summed E-state index contributed by atoms with van der Waals surface area (Å²) in [5.74, 6) is 0. The predicted molar refractivity (Wildman–Crippen MR) is 85.9 cm³/mol. The third-order valence-corrected chi connectivity index (χ3v) is 3.85. The largest absolute Gasteiger partial charge is 0.379 e. The molecule has 0 N–H and O–H groups in total. The quantitative estimate of drug-likeness (QED) is 0.823. The van der Waals surface area contributed by atoms with Crippen molar-refractivity contribution in [3.63, 3.8) is 0 Å². The summed E-state index contributed by atoms with van der Waals surface area (Å²) in [7, 11) is 0. The highest BCUT2D eigenvalue weighted by Gasteiger charge is 2.07. The summed E-state index contributed by atoms with van der Waals surface area (Å²) in [6, 6.07) is 2.16. The highest BCUT2D eigenvalue weighted by atomic mass is 32.1. The lowest BCUT2D eigenvalue weighted by atomic mass is 10.2. The molecular weight excluding hydrogens is 254 g/mol. The Morgan fingerprint density at radius 2 is 2.05 bits per heavy atom. The lowest BCUT2D eigenvalue weighted by molar-refractivity contribution is 0.0380. The van der Waals surface area contributed by atoms with Crippen molar-refractivity contribution in [2.75, 3.05) is 32.8 Å². The molecule has 1 aliphatic heterocycles. The van der Waals surface area contributed by atoms with Gasteiger partial charge in [-0.25, -0.2) is 0 Å². The molecule has 3 heteroatoms. The summed E-state index contributed by atoms with van der Waals surface area (Å²) in [4.78, 5) is 3.85. The minimum absolute atomic E-state index is 0.931. The summed E-state index contributed by atoms with van der Waals surface area (Å²) < 4.78 is 5.20. The van der Waals surface area contributed by atoms with Crippen LogP contribution in [-0.2, 0) is 4.74 Å². The molecule has 0 atom stereocenters. The molecule has 2 heterocycles. The summed E-state index contributed by atoms with van der Waals surface area (Å²) in [5, 5.41) is 2.13. The number of aryl methyl sites for hydroxylation is 1. The van der Waals surface area contributed by atoms with E-state index in [9.17, 15) is 0 Å². The first-order valence-corrected chi connectivity index (χ1v) is 8.00. The van der Waals surface area contributed by atoms with Gasteiger partial charge in [-0.05, 0) is 50.7 Å². The molecule has 0 bridgehead atoms. The molecule has 19 heavy (non-hydrogen) atoms. The van der Waals surface area contributed by atoms with Gasteiger partial charge in [-0.3, -0.25) is 4.90 Å². The number of nitrogens with zero attached hydrogens (tertiary/aromatic N) is 1. The zero-order chi connectivity index (χ0) is 14.1. The van der Waals surface area contributed by atoms with Gasteiger partial charge < -0.3 is 4.74 Å². The number of hydrogen-bond donors (Lipinski definition) is 0. The molecule has 0 unspecified atom stereocenters. The molecule has 108 valence electrons. The number of hydrogen-bond acceptors (Lipinski definition) is 3. The molecule has 0 spiro atoms. The van der Waals surface area contributed by atoms with Crippen LogP contribution in [0.5, 0.6) is 0 Å². The van der Waals surface area contributed by atoms with Crippen LogP contribution in [-0.4, -0.2) is 37.7 Å². The van der Waals surface area contributed by atoms with Gasteiger partial charge >= 0.3 is 0 Å². The highest BCUT2D eigenvalue weighted by molar-refractivity contribution is 7.10. The van der Waals surface area contributed by atoms with E-state index in [-0.39, 0.29) is 0 Å². The van der Waals surface area contributed by atoms with E-state index in [1.807, 2.05) is 0 Å². The van der Waals surface area contributed by atoms with Crippen molar-refractivity contribution in [2.45, 2.75) is 34.1 Å². The van der Waals surface area contributed by atoms with Crippen LogP contribution in [0.2, 0.25) is 0 Å². The molecule has 2 nitrogen and oxygen atoms in total. The van der Waals surface area contributed by atoms with Crippen LogP contribution in [0.4, 0.5) is 0 Å². The molecule has 1 aliphatic rings. The first-order chi connectivity index (χ1) is 9.13. The van der Waals surface area contributed by atoms with Crippen LogP contribution < -0.4 is 0 Å². The number of thiophene rings is 1. The molecular formula is C16H27NOS. The topological polar surface area (TPSA) is 12.5 Å². The molecule has 0 radical (unpaired) electrons. The normalized spacial score (nSPS) is 15.6. The molecule has 1 saturated heterocycles. The maximum absolute atomic E-state index is 5.20. The number of rotatable bonds is 3. The van der Waals surface area contributed by atoms with E-state index >= 15 is 0 Å². The van der Waals surface area contributed by atoms with Crippen molar-refractivity contribution in [1.29, 1.82) is 0 Å². The smallest absolute Gasteiger partial charge is 0.0594 e. The van der Waals surface area contributed by atoms with E-state index in [0.29, 0.717) is 0 Å². The summed E-state index contributed by atoms with van der Waals surface area (Å²) in [5.41, 5.74) is 2.73. The van der Waals surface area contributed by atoms with E-state index in [1.165, 1.54) is 29.0 Å². The average molecular weight is 281 g/mol. The standard InChI is InChI=1S/C9H12S.C7H15NO/c1-7(2)6-9-4-5-10-8(9)3;1-2-3-8-4-6-9-7-5-8/h4-6H,1-3H3;2-7H2,1H3. The molecule has 0 aromatic carbocycles. The SMILES string of the molecule is CC(C)=Cc1ccsc1C.CCCN1CCOCC1. The first kappa shape index (κ1) is 16.4. The predicted octanol–water partition coefficient (Wildman–Crippen LogP) is 4.21. The van der Waals surface area contributed by atoms with Crippen molar-refractivity contribution in [1.82, 2.24) is 4.90 Å². The lowest BCUT2D eigenvalue weighted by Gasteiger charge is -2.25. The van der Waals surface area contributed by atoms with Gasteiger partial charge in [0.1, 0.15) is 0 Å². The Kier molecular flexibility index (Phi) is 8.03. The first-order valence-electron chi connectivity index (χ1n) is 7.12. The Bertz CT molecular complexity index is 371. The van der Waals surface area contributed by atoms with Crippen LogP contribution in [0.25, 0.3) is 6.08 Å². The molecule has 2 rings (SSSR count). The monoisotopic (exact) mass is 281 g/mol. The fourth-order valence-electron chi connectivity index (χ4n) is 2.00. The fourth-order valence-corrected chi connectivity index (χ4v) is 2.68. The van der Waals surface area contributed by atoms with E-state index in [4.69, 9.17) is 4.74 Å². The second kappa shape index (κ2) is 9.29. The van der Waals surface area contributed by atoms with E-state index in [2.05, 4.69) is 50.1 Å². The minimum atomic E-state index is 0.931. The Balaban J connectivity index is 0.000000191. The van der Waals surface area contributed by atoms with Crippen molar-refractivity contribution in [3.05, 3.63) is 27.5 Å². The lowest BCUT2D eigenvalue weighted by Crippen LogP contribution is -2.36. The Hall–Kier alpha value is -0.640. The average Bonchev–Trinajstić information content (AvgIpc) is 2.77. The van der Waals surface area contributed by atoms with Crippen LogP contribution in [0.3, 0.4) is 0 Å². The van der Waals surface area contributed by atoms with E-state index in [0.717, 1.165) is 26.3 Å². The van der Waals surface area contributed by atoms with E-state index < -0.39 is 0 Å². The highest BCUT2D eigenvalue weighted by Crippen LogP contribution is 2.17. The summed E-state index contributed by atoms with van der Waals surface area (Å²) >= 11 is 1.80. The Labute approximate surface area is 122 Å². The summed E-state index contributed by atoms with van der Waals surface area (Å²) in [6.07, 6.45) is 3.48. The van der Waals surface area contributed by atoms with Gasteiger partial charge in [0.25, 0.3) is 0 Å². The zero-order valence-electron chi connectivity index (χ0n) is 12.7. The third-order valence-electron chi connectivity index (χ3n) is 2.99. The van der Waals surface area contributed by atoms with Gasteiger partial charge in [0, 0.05) is 18.0 Å². The molecule has 0 saturated carbocycles. The number of ether oxygens (including phenoxy) is 1. The maximum Gasteiger partial charge on any atom is 0.0594 e. The van der Waals surface area contributed by atoms with Crippen LogP contribution in [0, 0.1) is 6.92 Å². The second-order valence-corrected chi connectivity index (χ2v) is 6.23. The van der Waals surface area contributed by atoms with Crippen LogP contribution in [0.15, 0.2) is 17.0 Å². The maximum atomic E-state index is 5.20. The fraction of sp³-hybridized carbons (Fsp3) is 0.625. The van der Waals surface area contributed by atoms with Crippen molar-refractivity contribution < 1.29 is 4.74 Å². The van der Waals surface area contributed by atoms with Gasteiger partial charge in [-0.1, -0.05) is 18.6 Å². The van der Waals surface area contributed by atoms with Gasteiger partial charge in [0.15, 0.2) is 0 Å².